The minimum Gasteiger partial charge on any atom is -0.374 e. The van der Waals surface area contributed by atoms with E-state index < -0.39 is 0 Å². The van der Waals surface area contributed by atoms with Gasteiger partial charge >= 0.3 is 0 Å². The first-order valence-corrected chi connectivity index (χ1v) is 8.46. The van der Waals surface area contributed by atoms with Crippen molar-refractivity contribution in [3.63, 3.8) is 0 Å². The van der Waals surface area contributed by atoms with Crippen LogP contribution in [0.2, 0.25) is 0 Å². The van der Waals surface area contributed by atoms with Gasteiger partial charge in [-0.25, -0.2) is 0 Å². The van der Waals surface area contributed by atoms with Crippen LogP contribution in [-0.4, -0.2) is 29.8 Å². The van der Waals surface area contributed by atoms with Crippen LogP contribution in [0.25, 0.3) is 0 Å². The van der Waals surface area contributed by atoms with Gasteiger partial charge in [0.2, 0.25) is 0 Å². The predicted octanol–water partition coefficient (Wildman–Crippen LogP) is 3.59. The molecule has 2 rings (SSSR count). The quantitative estimate of drug-likeness (QED) is 0.833. The van der Waals surface area contributed by atoms with Crippen molar-refractivity contribution in [3.8, 4) is 0 Å². The van der Waals surface area contributed by atoms with E-state index in [1.165, 1.54) is 31.2 Å². The number of rotatable bonds is 7. The number of hydrogen-bond donors (Lipinski definition) is 1. The van der Waals surface area contributed by atoms with E-state index in [4.69, 9.17) is 4.74 Å². The zero-order valence-corrected chi connectivity index (χ0v) is 13.8. The van der Waals surface area contributed by atoms with Crippen LogP contribution in [0.4, 0.5) is 0 Å². The average Bonchev–Trinajstić information content (AvgIpc) is 2.48. The van der Waals surface area contributed by atoms with Gasteiger partial charge in [-0.2, -0.15) is 0 Å². The van der Waals surface area contributed by atoms with E-state index >= 15 is 0 Å². The highest BCUT2D eigenvalue weighted by atomic mass is 16.5. The van der Waals surface area contributed by atoms with E-state index in [-0.39, 0.29) is 5.60 Å². The third-order valence-corrected chi connectivity index (χ3v) is 4.70. The molecule has 1 aliphatic carbocycles. The Bertz CT molecular complexity index is 405. The molecule has 1 aliphatic rings. The van der Waals surface area contributed by atoms with Gasteiger partial charge < -0.3 is 10.1 Å². The topological polar surface area (TPSA) is 34.2 Å². The van der Waals surface area contributed by atoms with Gasteiger partial charge in [0.05, 0.1) is 5.60 Å². The van der Waals surface area contributed by atoms with Gasteiger partial charge in [-0.1, -0.05) is 26.7 Å². The highest BCUT2D eigenvalue weighted by Gasteiger charge is 2.42. The molecule has 0 spiro atoms. The van der Waals surface area contributed by atoms with E-state index in [1.54, 1.807) is 0 Å². The highest BCUT2D eigenvalue weighted by Crippen LogP contribution is 2.38. The number of aromatic nitrogens is 1. The number of pyridine rings is 1. The standard InChI is InChI=1S/C18H30N2O/c1-4-20-17(13-16-8-11-19-12-9-16)18(21-5-2)10-6-7-15(3)14-18/h8-9,11-12,15,17,20H,4-7,10,13-14H2,1-3H3. The fourth-order valence-electron chi connectivity index (χ4n) is 3.82. The molecule has 21 heavy (non-hydrogen) atoms. The van der Waals surface area contributed by atoms with Crippen LogP contribution >= 0.6 is 0 Å². The lowest BCUT2D eigenvalue weighted by atomic mass is 9.73. The summed E-state index contributed by atoms with van der Waals surface area (Å²) in [4.78, 5) is 4.13. The van der Waals surface area contributed by atoms with E-state index in [0.29, 0.717) is 6.04 Å². The number of nitrogens with zero attached hydrogens (tertiary/aromatic N) is 1. The number of ether oxygens (including phenoxy) is 1. The van der Waals surface area contributed by atoms with Crippen molar-refractivity contribution in [3.05, 3.63) is 30.1 Å². The van der Waals surface area contributed by atoms with Crippen molar-refractivity contribution < 1.29 is 4.74 Å². The predicted molar refractivity (Wildman–Crippen MR) is 87.4 cm³/mol. The second-order valence-corrected chi connectivity index (χ2v) is 6.37. The molecule has 0 amide bonds. The molecule has 0 aliphatic heterocycles. The second-order valence-electron chi connectivity index (χ2n) is 6.37. The molecule has 1 heterocycles. The highest BCUT2D eigenvalue weighted by molar-refractivity contribution is 5.14. The minimum atomic E-state index is -0.00824. The molecule has 118 valence electrons. The zero-order valence-electron chi connectivity index (χ0n) is 13.8. The number of nitrogens with one attached hydrogen (secondary N) is 1. The zero-order chi connectivity index (χ0) is 15.1. The lowest BCUT2D eigenvalue weighted by Gasteiger charge is -2.45. The maximum Gasteiger partial charge on any atom is 0.0840 e. The number of likely N-dealkylation sites (N-methyl/N-ethyl adjacent to an activating group) is 1. The monoisotopic (exact) mass is 290 g/mol. The normalized spacial score (nSPS) is 27.5. The van der Waals surface area contributed by atoms with E-state index in [0.717, 1.165) is 25.5 Å². The van der Waals surface area contributed by atoms with E-state index in [9.17, 15) is 0 Å². The first-order chi connectivity index (χ1) is 10.2. The molecule has 0 aromatic carbocycles. The Morgan fingerprint density at radius 1 is 1.38 bits per heavy atom. The summed E-state index contributed by atoms with van der Waals surface area (Å²) in [5.74, 6) is 0.754. The minimum absolute atomic E-state index is 0.00824. The van der Waals surface area contributed by atoms with Crippen molar-refractivity contribution in [2.45, 2.75) is 64.5 Å². The summed E-state index contributed by atoms with van der Waals surface area (Å²) in [7, 11) is 0. The largest absolute Gasteiger partial charge is 0.374 e. The first kappa shape index (κ1) is 16.4. The van der Waals surface area contributed by atoms with Crippen LogP contribution in [0.1, 0.15) is 52.0 Å². The fourth-order valence-corrected chi connectivity index (χ4v) is 3.82. The summed E-state index contributed by atoms with van der Waals surface area (Å²) >= 11 is 0. The van der Waals surface area contributed by atoms with Crippen LogP contribution in [0, 0.1) is 5.92 Å². The van der Waals surface area contributed by atoms with Gasteiger partial charge in [0.1, 0.15) is 0 Å². The summed E-state index contributed by atoms with van der Waals surface area (Å²) in [6, 6.07) is 4.62. The molecule has 1 N–H and O–H groups in total. The molecule has 3 atom stereocenters. The van der Waals surface area contributed by atoms with Crippen LogP contribution in [-0.2, 0) is 11.2 Å². The van der Waals surface area contributed by atoms with Crippen LogP contribution in [0.3, 0.4) is 0 Å². The third-order valence-electron chi connectivity index (χ3n) is 4.70. The van der Waals surface area contributed by atoms with Gasteiger partial charge in [0.25, 0.3) is 0 Å². The molecule has 3 unspecified atom stereocenters. The molecule has 0 bridgehead atoms. The van der Waals surface area contributed by atoms with Crippen molar-refractivity contribution >= 4 is 0 Å². The smallest absolute Gasteiger partial charge is 0.0840 e. The molecular weight excluding hydrogens is 260 g/mol. The number of hydrogen-bond acceptors (Lipinski definition) is 3. The SMILES string of the molecule is CCNC(Cc1ccncc1)C1(OCC)CCCC(C)C1. The van der Waals surface area contributed by atoms with Crippen molar-refractivity contribution in [2.24, 2.45) is 5.92 Å². The summed E-state index contributed by atoms with van der Waals surface area (Å²) < 4.78 is 6.35. The van der Waals surface area contributed by atoms with Crippen LogP contribution in [0.5, 0.6) is 0 Å². The molecule has 0 saturated heterocycles. The summed E-state index contributed by atoms with van der Waals surface area (Å²) in [5.41, 5.74) is 1.33. The van der Waals surface area contributed by atoms with Crippen molar-refractivity contribution in [1.29, 1.82) is 0 Å². The Morgan fingerprint density at radius 2 is 2.14 bits per heavy atom. The average molecular weight is 290 g/mol. The summed E-state index contributed by atoms with van der Waals surface area (Å²) in [6.07, 6.45) is 9.74. The molecular formula is C18H30N2O. The van der Waals surface area contributed by atoms with Gasteiger partial charge in [-0.15, -0.1) is 0 Å². The van der Waals surface area contributed by atoms with E-state index in [2.05, 4.69) is 43.2 Å². The molecule has 0 radical (unpaired) electrons. The molecule has 1 aromatic heterocycles. The Kier molecular flexibility index (Phi) is 6.19. The lowest BCUT2D eigenvalue weighted by molar-refractivity contribution is -0.0998. The Hall–Kier alpha value is -0.930. The molecule has 1 fully saturated rings. The van der Waals surface area contributed by atoms with Crippen molar-refractivity contribution in [2.75, 3.05) is 13.2 Å². The third kappa shape index (κ3) is 4.27. The van der Waals surface area contributed by atoms with E-state index in [1.807, 2.05) is 12.4 Å². The lowest BCUT2D eigenvalue weighted by Crippen LogP contribution is -2.56. The maximum atomic E-state index is 6.35. The summed E-state index contributed by atoms with van der Waals surface area (Å²) in [6.45, 7) is 8.45. The van der Waals surface area contributed by atoms with Gasteiger partial charge in [-0.05, 0) is 56.3 Å². The Morgan fingerprint density at radius 3 is 2.76 bits per heavy atom. The van der Waals surface area contributed by atoms with Crippen LogP contribution in [0.15, 0.2) is 24.5 Å². The maximum absolute atomic E-state index is 6.35. The molecule has 3 nitrogen and oxygen atoms in total. The van der Waals surface area contributed by atoms with Crippen molar-refractivity contribution in [1.82, 2.24) is 10.3 Å². The molecule has 1 saturated carbocycles. The molecule has 3 heteroatoms. The fraction of sp³-hybridized carbons (Fsp3) is 0.722. The molecule has 1 aromatic rings. The first-order valence-electron chi connectivity index (χ1n) is 8.46. The van der Waals surface area contributed by atoms with Gasteiger partial charge in [-0.3, -0.25) is 4.98 Å². The van der Waals surface area contributed by atoms with Gasteiger partial charge in [0, 0.05) is 25.0 Å². The second kappa shape index (κ2) is 7.90. The summed E-state index contributed by atoms with van der Waals surface area (Å²) in [5, 5.41) is 3.70. The van der Waals surface area contributed by atoms with Crippen LogP contribution < -0.4 is 5.32 Å². The van der Waals surface area contributed by atoms with Gasteiger partial charge in [0.15, 0.2) is 0 Å². The Balaban J connectivity index is 2.19. The Labute approximate surface area is 129 Å².